The molecule has 1 spiro atoms. The van der Waals surface area contributed by atoms with Crippen molar-refractivity contribution in [1.29, 1.82) is 0 Å². The van der Waals surface area contributed by atoms with Crippen LogP contribution in [0.5, 0.6) is 0 Å². The second-order valence-corrected chi connectivity index (χ2v) is 9.80. The normalized spacial score (nSPS) is 61.2. The number of ether oxygens (including phenoxy) is 1. The van der Waals surface area contributed by atoms with E-state index in [1.54, 1.807) is 0 Å². The van der Waals surface area contributed by atoms with Gasteiger partial charge in [0, 0.05) is 22.1 Å². The Balaban J connectivity index is 2.08. The lowest BCUT2D eigenvalue weighted by molar-refractivity contribution is -0.184. The highest BCUT2D eigenvalue weighted by atomic mass is 79.9. The number of halogens is 2. The minimum atomic E-state index is -0.571. The van der Waals surface area contributed by atoms with Crippen LogP contribution in [0.2, 0.25) is 0 Å². The van der Waals surface area contributed by atoms with E-state index in [0.717, 1.165) is 0 Å². The van der Waals surface area contributed by atoms with Gasteiger partial charge >= 0.3 is 0 Å². The molecular formula is C15H24BrClO3. The second-order valence-electron chi connectivity index (χ2n) is 7.83. The van der Waals surface area contributed by atoms with Crippen LogP contribution in [0.3, 0.4) is 0 Å². The van der Waals surface area contributed by atoms with Gasteiger partial charge in [0.2, 0.25) is 0 Å². The van der Waals surface area contributed by atoms with Crippen LogP contribution in [0.1, 0.15) is 47.0 Å². The number of rotatable bonds is 0. The van der Waals surface area contributed by atoms with Gasteiger partial charge in [-0.3, -0.25) is 0 Å². The molecule has 20 heavy (non-hydrogen) atoms. The van der Waals surface area contributed by atoms with Crippen molar-refractivity contribution in [3.05, 3.63) is 0 Å². The number of alkyl halides is 2. The quantitative estimate of drug-likeness (QED) is 0.511. The van der Waals surface area contributed by atoms with Crippen LogP contribution in [0.25, 0.3) is 0 Å². The zero-order chi connectivity index (χ0) is 15.1. The molecule has 2 N–H and O–H groups in total. The number of fused-ring (bicyclic) bond motifs is 2. The van der Waals surface area contributed by atoms with Crippen LogP contribution in [0.4, 0.5) is 0 Å². The maximum atomic E-state index is 11.0. The van der Waals surface area contributed by atoms with Gasteiger partial charge in [0.25, 0.3) is 0 Å². The summed E-state index contributed by atoms with van der Waals surface area (Å²) >= 11 is 10.3. The van der Waals surface area contributed by atoms with Gasteiger partial charge in [-0.1, -0.05) is 29.8 Å². The number of hydrogen-bond donors (Lipinski definition) is 2. The van der Waals surface area contributed by atoms with Crippen LogP contribution < -0.4 is 0 Å². The van der Waals surface area contributed by atoms with Gasteiger partial charge in [0.1, 0.15) is 5.60 Å². The molecule has 116 valence electrons. The summed E-state index contributed by atoms with van der Waals surface area (Å²) in [5, 5.41) is 21.5. The predicted molar refractivity (Wildman–Crippen MR) is 82.3 cm³/mol. The third-order valence-electron chi connectivity index (χ3n) is 6.57. The molecular weight excluding hydrogens is 344 g/mol. The molecule has 2 aliphatic carbocycles. The van der Waals surface area contributed by atoms with Crippen molar-refractivity contribution in [2.45, 2.75) is 80.6 Å². The zero-order valence-electron chi connectivity index (χ0n) is 12.5. The third-order valence-corrected chi connectivity index (χ3v) is 8.58. The molecule has 3 nitrogen and oxygen atoms in total. The van der Waals surface area contributed by atoms with E-state index in [4.69, 9.17) is 16.3 Å². The zero-order valence-corrected chi connectivity index (χ0v) is 14.8. The van der Waals surface area contributed by atoms with Gasteiger partial charge in [-0.2, -0.15) is 0 Å². The van der Waals surface area contributed by atoms with Crippen LogP contribution in [-0.4, -0.2) is 43.8 Å². The first-order chi connectivity index (χ1) is 8.99. The van der Waals surface area contributed by atoms with Crippen molar-refractivity contribution in [2.24, 2.45) is 10.8 Å². The van der Waals surface area contributed by atoms with Gasteiger partial charge < -0.3 is 14.9 Å². The van der Waals surface area contributed by atoms with E-state index in [1.165, 1.54) is 0 Å². The summed E-state index contributed by atoms with van der Waals surface area (Å²) in [4.78, 5) is -0.379. The van der Waals surface area contributed by atoms with Gasteiger partial charge in [-0.25, -0.2) is 0 Å². The fourth-order valence-corrected chi connectivity index (χ4v) is 5.82. The molecule has 7 atom stereocenters. The highest BCUT2D eigenvalue weighted by molar-refractivity contribution is 9.09. The smallest absolute Gasteiger partial charge is 0.101 e. The molecule has 0 aromatic rings. The number of epoxide rings is 1. The fourth-order valence-electron chi connectivity index (χ4n) is 4.90. The summed E-state index contributed by atoms with van der Waals surface area (Å²) in [6, 6.07) is 0. The van der Waals surface area contributed by atoms with Gasteiger partial charge in [0.05, 0.1) is 23.2 Å². The summed E-state index contributed by atoms with van der Waals surface area (Å²) in [5.41, 5.74) is -1.23. The van der Waals surface area contributed by atoms with E-state index in [0.29, 0.717) is 19.3 Å². The molecule has 0 radical (unpaired) electrons. The SMILES string of the molecule is CC1(Cl)CC(O)C2(CC1Br)C(C)(C)C(O)CC1OC12C. The van der Waals surface area contributed by atoms with Crippen LogP contribution in [0, 0.1) is 10.8 Å². The van der Waals surface area contributed by atoms with Crippen LogP contribution in [0.15, 0.2) is 0 Å². The maximum absolute atomic E-state index is 11.0. The van der Waals surface area contributed by atoms with Gasteiger partial charge in [0.15, 0.2) is 0 Å². The first-order valence-corrected chi connectivity index (χ1v) is 8.65. The largest absolute Gasteiger partial charge is 0.392 e. The Morgan fingerprint density at radius 1 is 1.10 bits per heavy atom. The highest BCUT2D eigenvalue weighted by Crippen LogP contribution is 2.71. The van der Waals surface area contributed by atoms with Crippen molar-refractivity contribution in [1.82, 2.24) is 0 Å². The molecule has 2 saturated carbocycles. The molecule has 1 saturated heterocycles. The molecule has 5 heteroatoms. The van der Waals surface area contributed by atoms with Crippen molar-refractivity contribution in [2.75, 3.05) is 0 Å². The molecule has 3 aliphatic rings. The van der Waals surface area contributed by atoms with Crippen molar-refractivity contribution >= 4 is 27.5 Å². The highest BCUT2D eigenvalue weighted by Gasteiger charge is 2.78. The third kappa shape index (κ3) is 1.63. The van der Waals surface area contributed by atoms with Crippen molar-refractivity contribution < 1.29 is 14.9 Å². The van der Waals surface area contributed by atoms with E-state index in [9.17, 15) is 10.2 Å². The van der Waals surface area contributed by atoms with Crippen molar-refractivity contribution in [3.63, 3.8) is 0 Å². The maximum Gasteiger partial charge on any atom is 0.101 e. The van der Waals surface area contributed by atoms with E-state index in [2.05, 4.69) is 36.7 Å². The molecule has 0 aromatic heterocycles. The van der Waals surface area contributed by atoms with Crippen LogP contribution >= 0.6 is 27.5 Å². The first kappa shape index (κ1) is 15.5. The molecule has 0 aromatic carbocycles. The average molecular weight is 368 g/mol. The lowest BCUT2D eigenvalue weighted by atomic mass is 9.45. The monoisotopic (exact) mass is 366 g/mol. The Morgan fingerprint density at radius 2 is 1.70 bits per heavy atom. The second kappa shape index (κ2) is 4.14. The molecule has 3 fully saturated rings. The van der Waals surface area contributed by atoms with E-state index >= 15 is 0 Å². The Kier molecular flexibility index (Phi) is 3.21. The Labute approximate surface area is 134 Å². The summed E-state index contributed by atoms with van der Waals surface area (Å²) in [7, 11) is 0. The fraction of sp³-hybridized carbons (Fsp3) is 1.00. The molecule has 1 heterocycles. The predicted octanol–water partition coefficient (Wildman–Crippen LogP) is 2.84. The number of hydrogen-bond acceptors (Lipinski definition) is 3. The Hall–Kier alpha value is 0.650. The molecule has 1 aliphatic heterocycles. The lowest BCUT2D eigenvalue weighted by Gasteiger charge is -2.61. The first-order valence-electron chi connectivity index (χ1n) is 7.36. The lowest BCUT2D eigenvalue weighted by Crippen LogP contribution is -2.68. The Bertz CT molecular complexity index is 441. The number of aliphatic hydroxyl groups is 2. The Morgan fingerprint density at radius 3 is 2.30 bits per heavy atom. The molecule has 0 amide bonds. The topological polar surface area (TPSA) is 53.0 Å². The standard InChI is InChI=1S/C15H24BrClO3/c1-12(2)9(18)5-11-14(4,20-11)15(12)6-8(16)13(3,17)7-10(15)19/h8-11,18-19H,5-7H2,1-4H3. The van der Waals surface area contributed by atoms with Gasteiger partial charge in [-0.15, -0.1) is 11.6 Å². The minimum Gasteiger partial charge on any atom is -0.392 e. The summed E-state index contributed by atoms with van der Waals surface area (Å²) in [6.45, 7) is 8.16. The van der Waals surface area contributed by atoms with E-state index in [1.807, 2.05) is 6.92 Å². The molecule has 3 rings (SSSR count). The summed E-state index contributed by atoms with van der Waals surface area (Å²) in [6.07, 6.45) is 0.899. The van der Waals surface area contributed by atoms with E-state index < -0.39 is 27.9 Å². The summed E-state index contributed by atoms with van der Waals surface area (Å²) in [5.74, 6) is 0. The van der Waals surface area contributed by atoms with Crippen LogP contribution in [-0.2, 0) is 4.74 Å². The average Bonchev–Trinajstić information content (AvgIpc) is 2.94. The van der Waals surface area contributed by atoms with Gasteiger partial charge in [-0.05, 0) is 26.7 Å². The minimum absolute atomic E-state index is 0.0551. The molecule has 7 unspecified atom stereocenters. The van der Waals surface area contributed by atoms with Crippen molar-refractivity contribution in [3.8, 4) is 0 Å². The summed E-state index contributed by atoms with van der Waals surface area (Å²) < 4.78 is 5.97. The molecule has 0 bridgehead atoms. The van der Waals surface area contributed by atoms with E-state index in [-0.39, 0.29) is 16.5 Å². The number of aliphatic hydroxyl groups excluding tert-OH is 2.